The molecule has 1 aromatic carbocycles. The van der Waals surface area contributed by atoms with Crippen LogP contribution < -0.4 is 9.47 Å². The molecule has 0 saturated carbocycles. The molecule has 2 atom stereocenters. The Kier molecular flexibility index (Phi) is 4.17. The van der Waals surface area contributed by atoms with E-state index in [0.717, 1.165) is 0 Å². The minimum Gasteiger partial charge on any atom is -0.486 e. The fraction of sp³-hybridized carbons (Fsp3) is 0.462. The first-order chi connectivity index (χ1) is 8.99. The van der Waals surface area contributed by atoms with Crippen LogP contribution in [0.5, 0.6) is 11.5 Å². The zero-order valence-corrected chi connectivity index (χ0v) is 11.2. The second kappa shape index (κ2) is 5.67. The average Bonchev–Trinajstić information content (AvgIpc) is 2.37. The molecule has 0 aromatic heterocycles. The molecule has 0 bridgehead atoms. The van der Waals surface area contributed by atoms with Gasteiger partial charge in [0.15, 0.2) is 11.5 Å². The van der Waals surface area contributed by atoms with Crippen LogP contribution in [-0.2, 0) is 4.79 Å². The van der Waals surface area contributed by atoms with Gasteiger partial charge in [-0.15, -0.1) is 0 Å². The number of hydrogen-bond acceptors (Lipinski definition) is 4. The number of aliphatic carboxylic acids is 1. The molecule has 104 valence electrons. The third-order valence-electron chi connectivity index (χ3n) is 3.00. The van der Waals surface area contributed by atoms with Crippen molar-refractivity contribution in [2.24, 2.45) is 5.92 Å². The van der Waals surface area contributed by atoms with Gasteiger partial charge in [-0.25, -0.2) is 0 Å². The molecule has 6 heteroatoms. The van der Waals surface area contributed by atoms with Gasteiger partial charge < -0.3 is 19.7 Å². The van der Waals surface area contributed by atoms with Crippen molar-refractivity contribution in [3.8, 4) is 11.5 Å². The molecule has 2 rings (SSSR count). The predicted octanol–water partition coefficient (Wildman–Crippen LogP) is 2.26. The quantitative estimate of drug-likeness (QED) is 0.888. The SMILES string of the molecule is CC(CC(=O)O)C(O)c1cc(Cl)c2c(c1)OCCO2. The van der Waals surface area contributed by atoms with Crippen LogP contribution in [0.1, 0.15) is 25.0 Å². The predicted molar refractivity (Wildman–Crippen MR) is 68.8 cm³/mol. The number of halogens is 1. The van der Waals surface area contributed by atoms with Crippen LogP contribution in [0, 0.1) is 5.92 Å². The Hall–Kier alpha value is -1.46. The second-order valence-electron chi connectivity index (χ2n) is 4.55. The molecule has 0 amide bonds. The van der Waals surface area contributed by atoms with Crippen molar-refractivity contribution in [3.63, 3.8) is 0 Å². The van der Waals surface area contributed by atoms with Crippen LogP contribution in [0.3, 0.4) is 0 Å². The van der Waals surface area contributed by atoms with E-state index in [9.17, 15) is 9.90 Å². The van der Waals surface area contributed by atoms with E-state index in [2.05, 4.69) is 0 Å². The Morgan fingerprint density at radius 2 is 2.11 bits per heavy atom. The van der Waals surface area contributed by atoms with Crippen molar-refractivity contribution in [1.29, 1.82) is 0 Å². The van der Waals surface area contributed by atoms with Gasteiger partial charge in [0.1, 0.15) is 13.2 Å². The second-order valence-corrected chi connectivity index (χ2v) is 4.95. The fourth-order valence-electron chi connectivity index (χ4n) is 2.02. The Morgan fingerprint density at radius 1 is 1.42 bits per heavy atom. The van der Waals surface area contributed by atoms with Gasteiger partial charge in [-0.2, -0.15) is 0 Å². The van der Waals surface area contributed by atoms with E-state index < -0.39 is 18.0 Å². The molecule has 2 unspecified atom stereocenters. The number of carboxylic acid groups (broad SMARTS) is 1. The number of carboxylic acids is 1. The van der Waals surface area contributed by atoms with Crippen LogP contribution >= 0.6 is 11.6 Å². The molecule has 0 saturated heterocycles. The molecular weight excluding hydrogens is 272 g/mol. The number of aliphatic hydroxyl groups excluding tert-OH is 1. The summed E-state index contributed by atoms with van der Waals surface area (Å²) in [4.78, 5) is 10.7. The number of benzene rings is 1. The lowest BCUT2D eigenvalue weighted by atomic mass is 9.94. The molecule has 2 N–H and O–H groups in total. The van der Waals surface area contributed by atoms with Crippen molar-refractivity contribution in [1.82, 2.24) is 0 Å². The summed E-state index contributed by atoms with van der Waals surface area (Å²) in [5, 5.41) is 19.2. The van der Waals surface area contributed by atoms with E-state index in [1.54, 1.807) is 19.1 Å². The van der Waals surface area contributed by atoms with Crippen LogP contribution in [0.4, 0.5) is 0 Å². The van der Waals surface area contributed by atoms with Crippen LogP contribution in [0.2, 0.25) is 5.02 Å². The third kappa shape index (κ3) is 3.11. The van der Waals surface area contributed by atoms with Gasteiger partial charge in [0.25, 0.3) is 0 Å². The molecule has 1 heterocycles. The number of carbonyl (C=O) groups is 1. The molecule has 0 spiro atoms. The molecule has 1 aliphatic rings. The van der Waals surface area contributed by atoms with E-state index in [-0.39, 0.29) is 6.42 Å². The monoisotopic (exact) mass is 286 g/mol. The number of ether oxygens (including phenoxy) is 2. The lowest BCUT2D eigenvalue weighted by Crippen LogP contribution is -2.17. The molecule has 0 fully saturated rings. The maximum atomic E-state index is 10.7. The summed E-state index contributed by atoms with van der Waals surface area (Å²) in [6.45, 7) is 2.53. The van der Waals surface area contributed by atoms with E-state index in [4.69, 9.17) is 26.2 Å². The molecule has 1 aliphatic heterocycles. The summed E-state index contributed by atoms with van der Waals surface area (Å²) >= 11 is 6.07. The van der Waals surface area contributed by atoms with Crippen molar-refractivity contribution in [3.05, 3.63) is 22.7 Å². The Labute approximate surface area is 115 Å². The maximum Gasteiger partial charge on any atom is 0.303 e. The molecule has 5 nitrogen and oxygen atoms in total. The van der Waals surface area contributed by atoms with E-state index in [1.807, 2.05) is 0 Å². The molecule has 1 aromatic rings. The highest BCUT2D eigenvalue weighted by Crippen LogP contribution is 2.40. The maximum absolute atomic E-state index is 10.7. The normalized spacial score (nSPS) is 16.8. The first-order valence-electron chi connectivity index (χ1n) is 5.98. The number of aliphatic hydroxyl groups is 1. The number of fused-ring (bicyclic) bond motifs is 1. The highest BCUT2D eigenvalue weighted by atomic mass is 35.5. The van der Waals surface area contributed by atoms with Crippen molar-refractivity contribution in [2.45, 2.75) is 19.4 Å². The fourth-order valence-corrected chi connectivity index (χ4v) is 2.29. The molecule has 19 heavy (non-hydrogen) atoms. The Bertz CT molecular complexity index is 488. The molecule has 0 radical (unpaired) electrons. The summed E-state index contributed by atoms with van der Waals surface area (Å²) in [6.07, 6.45) is -1.03. The van der Waals surface area contributed by atoms with E-state index in [1.165, 1.54) is 0 Å². The van der Waals surface area contributed by atoms with E-state index >= 15 is 0 Å². The Balaban J connectivity index is 2.25. The zero-order chi connectivity index (χ0) is 14.0. The van der Waals surface area contributed by atoms with Crippen LogP contribution in [-0.4, -0.2) is 29.4 Å². The minimum atomic E-state index is -0.949. The van der Waals surface area contributed by atoms with Gasteiger partial charge in [0, 0.05) is 0 Å². The smallest absolute Gasteiger partial charge is 0.303 e. The molecular formula is C13H15ClO5. The number of rotatable bonds is 4. The lowest BCUT2D eigenvalue weighted by molar-refractivity contribution is -0.139. The van der Waals surface area contributed by atoms with Gasteiger partial charge in [-0.1, -0.05) is 18.5 Å². The van der Waals surface area contributed by atoms with Gasteiger partial charge in [-0.05, 0) is 23.6 Å². The first kappa shape index (κ1) is 14.0. The van der Waals surface area contributed by atoms with Gasteiger partial charge in [-0.3, -0.25) is 4.79 Å². The lowest BCUT2D eigenvalue weighted by Gasteiger charge is -2.23. The van der Waals surface area contributed by atoms with Gasteiger partial charge in [0.05, 0.1) is 17.5 Å². The first-order valence-corrected chi connectivity index (χ1v) is 6.35. The van der Waals surface area contributed by atoms with Gasteiger partial charge >= 0.3 is 5.97 Å². The topological polar surface area (TPSA) is 76.0 Å². The van der Waals surface area contributed by atoms with Crippen molar-refractivity contribution in [2.75, 3.05) is 13.2 Å². The van der Waals surface area contributed by atoms with Crippen LogP contribution in [0.15, 0.2) is 12.1 Å². The molecule has 0 aliphatic carbocycles. The summed E-state index contributed by atoms with van der Waals surface area (Å²) in [7, 11) is 0. The summed E-state index contributed by atoms with van der Waals surface area (Å²) in [5.41, 5.74) is 0.531. The minimum absolute atomic E-state index is 0.118. The van der Waals surface area contributed by atoms with Gasteiger partial charge in [0.2, 0.25) is 0 Å². The summed E-state index contributed by atoms with van der Waals surface area (Å²) < 4.78 is 10.8. The summed E-state index contributed by atoms with van der Waals surface area (Å²) in [6, 6.07) is 3.22. The van der Waals surface area contributed by atoms with Crippen molar-refractivity contribution < 1.29 is 24.5 Å². The highest BCUT2D eigenvalue weighted by Gasteiger charge is 2.23. The standard InChI is InChI=1S/C13H15ClO5/c1-7(4-11(15)16)12(17)8-5-9(14)13-10(6-8)18-2-3-19-13/h5-7,12,17H,2-4H2,1H3,(H,15,16). The van der Waals surface area contributed by atoms with E-state index in [0.29, 0.717) is 35.3 Å². The number of hydrogen-bond donors (Lipinski definition) is 2. The highest BCUT2D eigenvalue weighted by molar-refractivity contribution is 6.32. The largest absolute Gasteiger partial charge is 0.486 e. The zero-order valence-electron chi connectivity index (χ0n) is 10.4. The third-order valence-corrected chi connectivity index (χ3v) is 3.28. The van der Waals surface area contributed by atoms with Crippen molar-refractivity contribution >= 4 is 17.6 Å². The average molecular weight is 287 g/mol. The summed E-state index contributed by atoms with van der Waals surface area (Å²) in [5.74, 6) is -0.420. The van der Waals surface area contributed by atoms with Crippen LogP contribution in [0.25, 0.3) is 0 Å². The Morgan fingerprint density at radius 3 is 2.79 bits per heavy atom.